The Bertz CT molecular complexity index is 792. The van der Waals surface area contributed by atoms with Crippen LogP contribution in [0.4, 0.5) is 11.4 Å². The van der Waals surface area contributed by atoms with Gasteiger partial charge in [-0.3, -0.25) is 14.9 Å². The van der Waals surface area contributed by atoms with Crippen LogP contribution in [0.15, 0.2) is 42.5 Å². The molecule has 136 valence electrons. The average molecular weight is 357 g/mol. The van der Waals surface area contributed by atoms with E-state index in [-0.39, 0.29) is 11.6 Å². The molecule has 0 unspecified atom stereocenters. The molecule has 0 atom stereocenters. The van der Waals surface area contributed by atoms with Crippen molar-refractivity contribution in [1.82, 2.24) is 5.32 Å². The van der Waals surface area contributed by atoms with Crippen LogP contribution in [0.2, 0.25) is 0 Å². The predicted octanol–water partition coefficient (Wildman–Crippen LogP) is 2.60. The number of fused-ring (bicyclic) bond motifs is 1. The molecule has 0 aliphatic carbocycles. The molecule has 1 heterocycles. The summed E-state index contributed by atoms with van der Waals surface area (Å²) in [6.45, 7) is 2.07. The topological polar surface area (TPSA) is 103 Å². The quantitative estimate of drug-likeness (QED) is 0.468. The standard InChI is InChI=1S/C18H19N3O5/c22-18(13-2-7-16-17(12-13)26-11-1-10-25-16)20-9-8-19-14-3-5-15(6-4-14)21(23)24/h2-7,12,19H,1,8-11H2,(H,20,22). The molecule has 0 saturated heterocycles. The number of ether oxygens (including phenoxy) is 2. The number of carbonyl (C=O) groups is 1. The first-order chi connectivity index (χ1) is 12.6. The molecule has 8 nitrogen and oxygen atoms in total. The van der Waals surface area contributed by atoms with Gasteiger partial charge in [-0.15, -0.1) is 0 Å². The zero-order chi connectivity index (χ0) is 18.4. The third-order valence-corrected chi connectivity index (χ3v) is 3.83. The third-order valence-electron chi connectivity index (χ3n) is 3.83. The van der Waals surface area contributed by atoms with E-state index in [9.17, 15) is 14.9 Å². The van der Waals surface area contributed by atoms with Crippen LogP contribution in [0.5, 0.6) is 11.5 Å². The average Bonchev–Trinajstić information content (AvgIpc) is 2.90. The lowest BCUT2D eigenvalue weighted by Gasteiger charge is -2.10. The molecule has 0 saturated carbocycles. The number of nitro groups is 1. The Hall–Kier alpha value is -3.29. The highest BCUT2D eigenvalue weighted by molar-refractivity contribution is 5.94. The summed E-state index contributed by atoms with van der Waals surface area (Å²) >= 11 is 0. The highest BCUT2D eigenvalue weighted by Gasteiger charge is 2.13. The molecule has 0 fully saturated rings. The number of carbonyl (C=O) groups excluding carboxylic acids is 1. The van der Waals surface area contributed by atoms with Crippen LogP contribution in [-0.4, -0.2) is 37.1 Å². The summed E-state index contributed by atoms with van der Waals surface area (Å²) in [7, 11) is 0. The van der Waals surface area contributed by atoms with Crippen LogP contribution in [0.3, 0.4) is 0 Å². The van der Waals surface area contributed by atoms with Crippen LogP contribution in [0.25, 0.3) is 0 Å². The number of non-ortho nitro benzene ring substituents is 1. The fourth-order valence-electron chi connectivity index (χ4n) is 2.49. The van der Waals surface area contributed by atoms with E-state index >= 15 is 0 Å². The molecule has 3 rings (SSSR count). The number of anilines is 1. The first-order valence-corrected chi connectivity index (χ1v) is 8.29. The van der Waals surface area contributed by atoms with E-state index in [1.54, 1.807) is 30.3 Å². The summed E-state index contributed by atoms with van der Waals surface area (Å²) in [5.41, 5.74) is 1.29. The molecule has 2 aromatic carbocycles. The molecule has 2 aromatic rings. The van der Waals surface area contributed by atoms with Gasteiger partial charge in [0.25, 0.3) is 11.6 Å². The molecule has 2 N–H and O–H groups in total. The number of benzene rings is 2. The molecule has 0 bridgehead atoms. The van der Waals surface area contributed by atoms with Crippen molar-refractivity contribution in [2.45, 2.75) is 6.42 Å². The molecule has 0 aromatic heterocycles. The molecule has 1 amide bonds. The number of hydrogen-bond acceptors (Lipinski definition) is 6. The molecule has 26 heavy (non-hydrogen) atoms. The number of nitro benzene ring substituents is 1. The highest BCUT2D eigenvalue weighted by Crippen LogP contribution is 2.30. The molecule has 0 radical (unpaired) electrons. The smallest absolute Gasteiger partial charge is 0.269 e. The van der Waals surface area contributed by atoms with E-state index in [0.717, 1.165) is 12.1 Å². The summed E-state index contributed by atoms with van der Waals surface area (Å²) in [5.74, 6) is 1.03. The van der Waals surface area contributed by atoms with Crippen LogP contribution in [-0.2, 0) is 0 Å². The second-order valence-corrected chi connectivity index (χ2v) is 5.70. The van der Waals surface area contributed by atoms with Gasteiger partial charge in [0, 0.05) is 42.9 Å². The van der Waals surface area contributed by atoms with Crippen molar-refractivity contribution in [3.63, 3.8) is 0 Å². The normalized spacial score (nSPS) is 12.8. The lowest BCUT2D eigenvalue weighted by Crippen LogP contribution is -2.28. The monoisotopic (exact) mass is 357 g/mol. The van der Waals surface area contributed by atoms with Crippen LogP contribution < -0.4 is 20.1 Å². The Morgan fingerprint density at radius 2 is 1.77 bits per heavy atom. The van der Waals surface area contributed by atoms with Gasteiger partial charge in [-0.2, -0.15) is 0 Å². The number of nitrogens with one attached hydrogen (secondary N) is 2. The van der Waals surface area contributed by atoms with Crippen molar-refractivity contribution in [3.05, 3.63) is 58.1 Å². The van der Waals surface area contributed by atoms with E-state index in [1.807, 2.05) is 0 Å². The van der Waals surface area contributed by atoms with Gasteiger partial charge < -0.3 is 20.1 Å². The number of amides is 1. The maximum atomic E-state index is 12.2. The molecule has 8 heteroatoms. The number of hydrogen-bond donors (Lipinski definition) is 2. The maximum Gasteiger partial charge on any atom is 0.269 e. The summed E-state index contributed by atoms with van der Waals surface area (Å²) in [4.78, 5) is 22.4. The van der Waals surface area contributed by atoms with E-state index in [2.05, 4.69) is 10.6 Å². The summed E-state index contributed by atoms with van der Waals surface area (Å²) in [5, 5.41) is 16.5. The van der Waals surface area contributed by atoms with Crippen LogP contribution >= 0.6 is 0 Å². The van der Waals surface area contributed by atoms with E-state index < -0.39 is 4.92 Å². The van der Waals surface area contributed by atoms with Crippen molar-refractivity contribution in [2.75, 3.05) is 31.6 Å². The molecular weight excluding hydrogens is 338 g/mol. The van der Waals surface area contributed by atoms with E-state index in [1.165, 1.54) is 12.1 Å². The minimum atomic E-state index is -0.445. The van der Waals surface area contributed by atoms with Gasteiger partial charge in [0.2, 0.25) is 0 Å². The van der Waals surface area contributed by atoms with E-state index in [4.69, 9.17) is 9.47 Å². The Labute approximate surface area is 150 Å². The van der Waals surface area contributed by atoms with Crippen LogP contribution in [0, 0.1) is 10.1 Å². The van der Waals surface area contributed by atoms with Gasteiger partial charge in [-0.25, -0.2) is 0 Å². The fourth-order valence-corrected chi connectivity index (χ4v) is 2.49. The molecule has 1 aliphatic rings. The summed E-state index contributed by atoms with van der Waals surface area (Å²) in [6.07, 6.45) is 0.810. The zero-order valence-electron chi connectivity index (χ0n) is 14.1. The second kappa shape index (κ2) is 8.19. The van der Waals surface area contributed by atoms with Crippen molar-refractivity contribution in [3.8, 4) is 11.5 Å². The maximum absolute atomic E-state index is 12.2. The van der Waals surface area contributed by atoms with Gasteiger partial charge in [-0.1, -0.05) is 0 Å². The number of nitrogens with zero attached hydrogens (tertiary/aromatic N) is 1. The number of rotatable bonds is 6. The Kier molecular flexibility index (Phi) is 5.52. The minimum Gasteiger partial charge on any atom is -0.490 e. The largest absolute Gasteiger partial charge is 0.490 e. The van der Waals surface area contributed by atoms with Crippen molar-refractivity contribution >= 4 is 17.3 Å². The highest BCUT2D eigenvalue weighted by atomic mass is 16.6. The van der Waals surface area contributed by atoms with E-state index in [0.29, 0.717) is 43.4 Å². The van der Waals surface area contributed by atoms with Gasteiger partial charge >= 0.3 is 0 Å². The Morgan fingerprint density at radius 3 is 2.50 bits per heavy atom. The lowest BCUT2D eigenvalue weighted by atomic mass is 10.2. The molecular formula is C18H19N3O5. The Morgan fingerprint density at radius 1 is 1.04 bits per heavy atom. The first kappa shape index (κ1) is 17.5. The van der Waals surface area contributed by atoms with Crippen molar-refractivity contribution in [1.29, 1.82) is 0 Å². The molecule has 0 spiro atoms. The first-order valence-electron chi connectivity index (χ1n) is 8.29. The predicted molar refractivity (Wildman–Crippen MR) is 96.0 cm³/mol. The minimum absolute atomic E-state index is 0.0401. The Balaban J connectivity index is 1.48. The summed E-state index contributed by atoms with van der Waals surface area (Å²) in [6, 6.07) is 11.2. The van der Waals surface area contributed by atoms with Gasteiger partial charge in [0.15, 0.2) is 11.5 Å². The van der Waals surface area contributed by atoms with Crippen molar-refractivity contribution < 1.29 is 19.2 Å². The molecule has 1 aliphatic heterocycles. The fraction of sp³-hybridized carbons (Fsp3) is 0.278. The summed E-state index contributed by atoms with van der Waals surface area (Å²) < 4.78 is 11.1. The van der Waals surface area contributed by atoms with Gasteiger partial charge in [0.1, 0.15) is 0 Å². The second-order valence-electron chi connectivity index (χ2n) is 5.70. The van der Waals surface area contributed by atoms with Gasteiger partial charge in [0.05, 0.1) is 18.1 Å². The van der Waals surface area contributed by atoms with Crippen LogP contribution in [0.1, 0.15) is 16.8 Å². The SMILES string of the molecule is O=C(NCCNc1ccc([N+](=O)[O-])cc1)c1ccc2c(c1)OCCCO2. The van der Waals surface area contributed by atoms with Gasteiger partial charge in [-0.05, 0) is 30.3 Å². The third kappa shape index (κ3) is 4.41. The zero-order valence-corrected chi connectivity index (χ0v) is 14.1. The lowest BCUT2D eigenvalue weighted by molar-refractivity contribution is -0.384. The van der Waals surface area contributed by atoms with Crippen molar-refractivity contribution in [2.24, 2.45) is 0 Å².